The lowest BCUT2D eigenvalue weighted by atomic mass is 9.80. The first-order valence-corrected chi connectivity index (χ1v) is 7.50. The Bertz CT molecular complexity index is 744. The minimum atomic E-state index is 0.0187. The van der Waals surface area contributed by atoms with E-state index in [1.807, 2.05) is 0 Å². The zero-order valence-corrected chi connectivity index (χ0v) is 12.9. The van der Waals surface area contributed by atoms with Crippen molar-refractivity contribution < 1.29 is 4.58 Å². The maximum atomic E-state index is 10.3. The summed E-state index contributed by atoms with van der Waals surface area (Å²) in [4.78, 5) is 10.3. The molecule has 3 rings (SSSR count). The van der Waals surface area contributed by atoms with Gasteiger partial charge in [-0.1, -0.05) is 29.4 Å². The van der Waals surface area contributed by atoms with Gasteiger partial charge in [-0.25, -0.2) is 0 Å². The summed E-state index contributed by atoms with van der Waals surface area (Å²) < 4.78 is 2.35. The number of fused-ring (bicyclic) bond motifs is 3. The Labute approximate surface area is 125 Å². The predicted molar refractivity (Wildman–Crippen MR) is 87.7 cm³/mol. The van der Waals surface area contributed by atoms with Crippen LogP contribution in [0.4, 0.5) is 5.69 Å². The molecule has 0 saturated heterocycles. The third-order valence-electron chi connectivity index (χ3n) is 4.76. The van der Waals surface area contributed by atoms with Crippen molar-refractivity contribution in [3.63, 3.8) is 0 Å². The molecule has 21 heavy (non-hydrogen) atoms. The normalized spacial score (nSPS) is 16.3. The van der Waals surface area contributed by atoms with E-state index < -0.39 is 0 Å². The summed E-state index contributed by atoms with van der Waals surface area (Å²) in [5.74, 6) is 0. The Kier molecular flexibility index (Phi) is 3.36. The number of nitrogens with zero attached hydrogens (tertiary/aromatic N) is 2. The van der Waals surface area contributed by atoms with Gasteiger partial charge >= 0.3 is 0 Å². The van der Waals surface area contributed by atoms with Crippen molar-refractivity contribution >= 4 is 22.2 Å². The second-order valence-corrected chi connectivity index (χ2v) is 6.25. The molecule has 1 aliphatic rings. The molecule has 1 heterocycles. The molecule has 2 aromatic carbocycles. The van der Waals surface area contributed by atoms with E-state index in [9.17, 15) is 4.91 Å². The molecule has 2 aromatic rings. The van der Waals surface area contributed by atoms with E-state index in [4.69, 9.17) is 0 Å². The van der Waals surface area contributed by atoms with Gasteiger partial charge in [0.1, 0.15) is 0 Å². The fourth-order valence-electron chi connectivity index (χ4n) is 3.42. The Morgan fingerprint density at radius 1 is 1.14 bits per heavy atom. The lowest BCUT2D eigenvalue weighted by molar-refractivity contribution is -0.439. The van der Waals surface area contributed by atoms with E-state index in [1.165, 1.54) is 27.7 Å². The van der Waals surface area contributed by atoms with Gasteiger partial charge in [-0.05, 0) is 30.7 Å². The largest absolute Gasteiger partial charge is 0.210 e. The first kappa shape index (κ1) is 13.9. The Hall–Kier alpha value is -2.03. The first-order valence-electron chi connectivity index (χ1n) is 7.50. The van der Waals surface area contributed by atoms with E-state index in [0.29, 0.717) is 6.54 Å². The average molecular weight is 281 g/mol. The summed E-state index contributed by atoms with van der Waals surface area (Å²) in [5, 5.41) is 5.59. The van der Waals surface area contributed by atoms with Crippen LogP contribution in [-0.4, -0.2) is 23.4 Å². The fraction of sp³-hybridized carbons (Fsp3) is 0.389. The smallest absolute Gasteiger partial charge is 0.199 e. The maximum absolute atomic E-state index is 10.3. The van der Waals surface area contributed by atoms with Crippen molar-refractivity contribution in [1.29, 1.82) is 0 Å². The molecular weight excluding hydrogens is 260 g/mol. The highest BCUT2D eigenvalue weighted by atomic mass is 16.3. The molecule has 1 aliphatic heterocycles. The van der Waals surface area contributed by atoms with Gasteiger partial charge < -0.3 is 0 Å². The average Bonchev–Trinajstić information content (AvgIpc) is 2.68. The molecule has 0 spiro atoms. The van der Waals surface area contributed by atoms with Crippen LogP contribution >= 0.6 is 0 Å². The maximum Gasteiger partial charge on any atom is 0.210 e. The predicted octanol–water partition coefficient (Wildman–Crippen LogP) is 4.39. The van der Waals surface area contributed by atoms with Gasteiger partial charge in [0.25, 0.3) is 0 Å². The Morgan fingerprint density at radius 3 is 2.67 bits per heavy atom. The minimum Gasteiger partial charge on any atom is -0.199 e. The monoisotopic (exact) mass is 281 g/mol. The van der Waals surface area contributed by atoms with E-state index in [1.54, 1.807) is 0 Å². The van der Waals surface area contributed by atoms with Crippen LogP contribution in [-0.2, 0) is 5.41 Å². The van der Waals surface area contributed by atoms with Gasteiger partial charge in [0.05, 0.1) is 12.0 Å². The first-order chi connectivity index (χ1) is 10.1. The van der Waals surface area contributed by atoms with Crippen LogP contribution in [0.5, 0.6) is 0 Å². The second kappa shape index (κ2) is 5.06. The summed E-state index contributed by atoms with van der Waals surface area (Å²) >= 11 is 0. The van der Waals surface area contributed by atoms with Gasteiger partial charge in [-0.3, -0.25) is 0 Å². The highest BCUT2D eigenvalue weighted by Gasteiger charge is 2.43. The third-order valence-corrected chi connectivity index (χ3v) is 4.76. The molecule has 0 aromatic heterocycles. The molecule has 3 heteroatoms. The molecule has 3 nitrogen and oxygen atoms in total. The molecule has 0 N–H and O–H groups in total. The van der Waals surface area contributed by atoms with Gasteiger partial charge in [0, 0.05) is 25.0 Å². The minimum absolute atomic E-state index is 0.0187. The summed E-state index contributed by atoms with van der Waals surface area (Å²) in [6.07, 6.45) is 0.795. The lowest BCUT2D eigenvalue weighted by Crippen LogP contribution is -2.27. The standard InChI is InChI=1S/C18H21N2O/c1-13-18(2,3)17-15-8-5-4-7-14(15)9-10-16(17)20(13)12-6-11-19-21/h4-5,7-10H,6,11-12H2,1-3H3/q+1. The van der Waals surface area contributed by atoms with Crippen molar-refractivity contribution in [2.45, 2.75) is 32.6 Å². The molecule has 0 bridgehead atoms. The van der Waals surface area contributed by atoms with E-state index in [2.05, 4.69) is 66.9 Å². The van der Waals surface area contributed by atoms with Crippen LogP contribution in [0.15, 0.2) is 41.6 Å². The molecule has 0 fully saturated rings. The number of benzene rings is 2. The molecular formula is C18H21N2O+. The number of hydrogen-bond donors (Lipinski definition) is 0. The van der Waals surface area contributed by atoms with E-state index >= 15 is 0 Å². The van der Waals surface area contributed by atoms with Crippen LogP contribution in [0.3, 0.4) is 0 Å². The summed E-state index contributed by atoms with van der Waals surface area (Å²) in [5.41, 5.74) is 4.05. The van der Waals surface area contributed by atoms with Gasteiger partial charge in [0.15, 0.2) is 12.3 Å². The summed E-state index contributed by atoms with van der Waals surface area (Å²) in [6.45, 7) is 8.00. The molecule has 0 saturated carbocycles. The van der Waals surface area contributed by atoms with Crippen LogP contribution in [0.25, 0.3) is 10.8 Å². The zero-order chi connectivity index (χ0) is 15.0. The van der Waals surface area contributed by atoms with Gasteiger partial charge in [-0.15, -0.1) is 0 Å². The molecule has 0 amide bonds. The fourth-order valence-corrected chi connectivity index (χ4v) is 3.42. The molecule has 0 unspecified atom stereocenters. The third kappa shape index (κ3) is 2.08. The molecule has 0 radical (unpaired) electrons. The highest BCUT2D eigenvalue weighted by Crippen LogP contribution is 2.43. The number of hydrogen-bond acceptors (Lipinski definition) is 2. The SMILES string of the molecule is CC1=[N+](CCCN=O)c2ccc3ccccc3c2C1(C)C. The second-order valence-electron chi connectivity index (χ2n) is 6.25. The Balaban J connectivity index is 2.17. The molecule has 108 valence electrons. The topological polar surface area (TPSA) is 32.4 Å². The van der Waals surface area contributed by atoms with E-state index in [-0.39, 0.29) is 5.41 Å². The van der Waals surface area contributed by atoms with Crippen LogP contribution in [0.1, 0.15) is 32.8 Å². The number of rotatable bonds is 4. The Morgan fingerprint density at radius 2 is 1.90 bits per heavy atom. The molecule has 0 aliphatic carbocycles. The highest BCUT2D eigenvalue weighted by molar-refractivity contribution is 6.01. The van der Waals surface area contributed by atoms with Crippen molar-refractivity contribution in [2.24, 2.45) is 5.18 Å². The van der Waals surface area contributed by atoms with Crippen LogP contribution < -0.4 is 0 Å². The van der Waals surface area contributed by atoms with Crippen molar-refractivity contribution in [3.8, 4) is 0 Å². The van der Waals surface area contributed by atoms with Crippen molar-refractivity contribution in [2.75, 3.05) is 13.1 Å². The quantitative estimate of drug-likeness (QED) is 0.464. The van der Waals surface area contributed by atoms with Crippen LogP contribution in [0, 0.1) is 4.91 Å². The molecule has 0 atom stereocenters. The summed E-state index contributed by atoms with van der Waals surface area (Å²) in [6, 6.07) is 13.0. The van der Waals surface area contributed by atoms with Gasteiger partial charge in [0.2, 0.25) is 5.69 Å². The number of nitroso groups, excluding NO2 is 1. The van der Waals surface area contributed by atoms with Crippen molar-refractivity contribution in [1.82, 2.24) is 0 Å². The van der Waals surface area contributed by atoms with E-state index in [0.717, 1.165) is 13.0 Å². The summed E-state index contributed by atoms with van der Waals surface area (Å²) in [7, 11) is 0. The zero-order valence-electron chi connectivity index (χ0n) is 12.9. The van der Waals surface area contributed by atoms with Crippen LogP contribution in [0.2, 0.25) is 0 Å². The lowest BCUT2D eigenvalue weighted by Gasteiger charge is -2.17. The van der Waals surface area contributed by atoms with Crippen molar-refractivity contribution in [3.05, 3.63) is 46.9 Å². The van der Waals surface area contributed by atoms with Gasteiger partial charge in [-0.2, -0.15) is 9.48 Å².